The lowest BCUT2D eigenvalue weighted by Crippen LogP contribution is -2.44. The van der Waals surface area contributed by atoms with Crippen molar-refractivity contribution in [3.8, 4) is 0 Å². The first-order valence-electron chi connectivity index (χ1n) is 8.35. The molecule has 0 amide bonds. The van der Waals surface area contributed by atoms with Crippen molar-refractivity contribution in [2.45, 2.75) is 12.5 Å². The first-order valence-corrected chi connectivity index (χ1v) is 10.5. The highest BCUT2D eigenvalue weighted by molar-refractivity contribution is 7.90. The van der Waals surface area contributed by atoms with Crippen LogP contribution in [0.1, 0.15) is 22.6 Å². The minimum Gasteiger partial charge on any atom is -0.301 e. The number of anilines is 1. The zero-order chi connectivity index (χ0) is 19.9. The van der Waals surface area contributed by atoms with Crippen molar-refractivity contribution in [1.29, 1.82) is 0 Å². The van der Waals surface area contributed by atoms with Gasteiger partial charge in [-0.3, -0.25) is 0 Å². The van der Waals surface area contributed by atoms with E-state index in [9.17, 15) is 8.42 Å². The van der Waals surface area contributed by atoms with Gasteiger partial charge >= 0.3 is 10.2 Å². The molecule has 0 saturated heterocycles. The lowest BCUT2D eigenvalue weighted by molar-refractivity contribution is 0.295. The first-order chi connectivity index (χ1) is 12.6. The zero-order valence-electron chi connectivity index (χ0n) is 15.4. The molecule has 0 saturated carbocycles. The Balaban J connectivity index is 1.97. The molecule has 1 aliphatic heterocycles. The van der Waals surface area contributed by atoms with Crippen molar-refractivity contribution in [3.05, 3.63) is 63.1 Å². The summed E-state index contributed by atoms with van der Waals surface area (Å²) in [5.41, 5.74) is 3.60. The maximum Gasteiger partial charge on any atom is 0.316 e. The number of halogens is 2. The number of hydrazine groups is 1. The standard InChI is InChI=1S/C18H22Cl2N4O2S/c1-22(2)27(25,26)24(21)14-6-4-12(5-7-14)16-10-23(3)11-17-15(16)8-13(19)9-18(17)20/h4-9,16H,10-11,21H2,1-3H3. The third-order valence-electron chi connectivity index (χ3n) is 4.75. The van der Waals surface area contributed by atoms with Gasteiger partial charge in [0.25, 0.3) is 0 Å². The number of rotatable bonds is 4. The van der Waals surface area contributed by atoms with Crippen molar-refractivity contribution >= 4 is 39.1 Å². The van der Waals surface area contributed by atoms with Gasteiger partial charge in [-0.05, 0) is 48.0 Å². The summed E-state index contributed by atoms with van der Waals surface area (Å²) in [5.74, 6) is 5.89. The molecule has 0 aliphatic carbocycles. The maximum absolute atomic E-state index is 12.2. The summed E-state index contributed by atoms with van der Waals surface area (Å²) >= 11 is 12.6. The highest BCUT2D eigenvalue weighted by atomic mass is 35.5. The minimum absolute atomic E-state index is 0.0840. The van der Waals surface area contributed by atoms with Gasteiger partial charge in [0.2, 0.25) is 0 Å². The van der Waals surface area contributed by atoms with Crippen molar-refractivity contribution in [2.75, 3.05) is 32.1 Å². The van der Waals surface area contributed by atoms with Gasteiger partial charge in [-0.2, -0.15) is 17.1 Å². The summed E-state index contributed by atoms with van der Waals surface area (Å²) < 4.78 is 26.2. The lowest BCUT2D eigenvalue weighted by atomic mass is 9.85. The molecule has 2 N–H and O–H groups in total. The Morgan fingerprint density at radius 1 is 1.15 bits per heavy atom. The van der Waals surface area contributed by atoms with Gasteiger partial charge in [0.1, 0.15) is 0 Å². The molecule has 27 heavy (non-hydrogen) atoms. The molecular formula is C18H22Cl2N4O2S. The summed E-state index contributed by atoms with van der Waals surface area (Å²) in [7, 11) is 1.18. The van der Waals surface area contributed by atoms with Crippen LogP contribution in [0.5, 0.6) is 0 Å². The van der Waals surface area contributed by atoms with Crippen LogP contribution in [0.4, 0.5) is 5.69 Å². The molecule has 1 heterocycles. The first kappa shape index (κ1) is 20.4. The Kier molecular flexibility index (Phi) is 5.72. The lowest BCUT2D eigenvalue weighted by Gasteiger charge is -2.33. The summed E-state index contributed by atoms with van der Waals surface area (Å²) in [6, 6.07) is 10.9. The SMILES string of the molecule is CN1Cc2c(Cl)cc(Cl)cc2C(c2ccc(N(N)S(=O)(=O)N(C)C)cc2)C1. The highest BCUT2D eigenvalue weighted by Gasteiger charge is 2.28. The quantitative estimate of drug-likeness (QED) is 0.599. The Morgan fingerprint density at radius 3 is 2.37 bits per heavy atom. The average molecular weight is 429 g/mol. The van der Waals surface area contributed by atoms with E-state index in [2.05, 4.69) is 4.90 Å². The number of hydrogen-bond donors (Lipinski definition) is 1. The van der Waals surface area contributed by atoms with Gasteiger partial charge in [-0.15, -0.1) is 0 Å². The van der Waals surface area contributed by atoms with Gasteiger partial charge in [-0.1, -0.05) is 35.3 Å². The van der Waals surface area contributed by atoms with E-state index in [0.29, 0.717) is 15.7 Å². The van der Waals surface area contributed by atoms with Crippen molar-refractivity contribution in [1.82, 2.24) is 9.21 Å². The number of likely N-dealkylation sites (N-methyl/N-ethyl adjacent to an activating group) is 1. The molecule has 2 aromatic carbocycles. The second kappa shape index (κ2) is 7.58. The predicted molar refractivity (Wildman–Crippen MR) is 110 cm³/mol. The Hall–Kier alpha value is -1.35. The summed E-state index contributed by atoms with van der Waals surface area (Å²) in [5, 5.41) is 1.27. The number of fused-ring (bicyclic) bond motifs is 1. The fraction of sp³-hybridized carbons (Fsp3) is 0.333. The second-order valence-electron chi connectivity index (χ2n) is 6.88. The average Bonchev–Trinajstić information content (AvgIpc) is 2.61. The molecule has 0 aromatic heterocycles. The van der Waals surface area contributed by atoms with E-state index in [0.717, 1.165) is 38.5 Å². The van der Waals surface area contributed by atoms with Crippen LogP contribution < -0.4 is 10.3 Å². The molecule has 2 aromatic rings. The summed E-state index contributed by atoms with van der Waals surface area (Å²) in [6.45, 7) is 1.57. The van der Waals surface area contributed by atoms with E-state index in [1.807, 2.05) is 25.2 Å². The third-order valence-corrected chi connectivity index (χ3v) is 6.94. The van der Waals surface area contributed by atoms with Gasteiger partial charge in [0.05, 0.1) is 5.69 Å². The maximum atomic E-state index is 12.2. The minimum atomic E-state index is -3.74. The number of benzene rings is 2. The van der Waals surface area contributed by atoms with Crippen molar-refractivity contribution in [2.24, 2.45) is 5.84 Å². The molecule has 6 nitrogen and oxygen atoms in total. The Bertz CT molecular complexity index is 949. The fourth-order valence-corrected chi connectivity index (χ4v) is 4.60. The number of nitrogens with zero attached hydrogens (tertiary/aromatic N) is 3. The van der Waals surface area contributed by atoms with Crippen LogP contribution in [0, 0.1) is 0 Å². The Labute approximate surface area is 170 Å². The highest BCUT2D eigenvalue weighted by Crippen LogP contribution is 2.38. The van der Waals surface area contributed by atoms with E-state index >= 15 is 0 Å². The third kappa shape index (κ3) is 3.94. The molecule has 3 rings (SSSR count). The van der Waals surface area contributed by atoms with Gasteiger partial charge in [0.15, 0.2) is 0 Å². The van der Waals surface area contributed by atoms with E-state index in [1.165, 1.54) is 14.1 Å². The molecule has 9 heteroatoms. The van der Waals surface area contributed by atoms with Crippen LogP contribution in [0.25, 0.3) is 0 Å². The molecule has 146 valence electrons. The molecule has 0 fully saturated rings. The summed E-state index contributed by atoms with van der Waals surface area (Å²) in [4.78, 5) is 2.20. The monoisotopic (exact) mass is 428 g/mol. The van der Waals surface area contributed by atoms with Crippen LogP contribution in [0.2, 0.25) is 10.0 Å². The van der Waals surface area contributed by atoms with Crippen LogP contribution in [0.15, 0.2) is 36.4 Å². The van der Waals surface area contributed by atoms with Crippen LogP contribution in [0.3, 0.4) is 0 Å². The normalized spacial score (nSPS) is 17.8. The van der Waals surface area contributed by atoms with Crippen LogP contribution in [-0.4, -0.2) is 45.3 Å². The topological polar surface area (TPSA) is 69.9 Å². The van der Waals surface area contributed by atoms with Gasteiger partial charge < -0.3 is 4.90 Å². The van der Waals surface area contributed by atoms with Gasteiger partial charge in [0, 0.05) is 43.1 Å². The molecule has 0 bridgehead atoms. The molecular weight excluding hydrogens is 407 g/mol. The molecule has 1 aliphatic rings. The molecule has 0 spiro atoms. The molecule has 1 unspecified atom stereocenters. The second-order valence-corrected chi connectivity index (χ2v) is 9.75. The Morgan fingerprint density at radius 2 is 1.78 bits per heavy atom. The predicted octanol–water partition coefficient (Wildman–Crippen LogP) is 3.06. The summed E-state index contributed by atoms with van der Waals surface area (Å²) in [6.07, 6.45) is 0. The molecule has 0 radical (unpaired) electrons. The van der Waals surface area contributed by atoms with E-state index in [4.69, 9.17) is 29.0 Å². The zero-order valence-corrected chi connectivity index (χ0v) is 17.7. The van der Waals surface area contributed by atoms with Crippen molar-refractivity contribution < 1.29 is 8.42 Å². The number of nitrogens with two attached hydrogens (primary N) is 1. The van der Waals surface area contributed by atoms with E-state index in [-0.39, 0.29) is 5.92 Å². The van der Waals surface area contributed by atoms with Crippen molar-refractivity contribution in [3.63, 3.8) is 0 Å². The van der Waals surface area contributed by atoms with Crippen LogP contribution in [-0.2, 0) is 16.8 Å². The fourth-order valence-electron chi connectivity index (χ4n) is 3.29. The smallest absolute Gasteiger partial charge is 0.301 e. The van der Waals surface area contributed by atoms with Crippen LogP contribution >= 0.6 is 23.2 Å². The largest absolute Gasteiger partial charge is 0.316 e. The molecule has 1 atom stereocenters. The number of hydrogen-bond acceptors (Lipinski definition) is 4. The van der Waals surface area contributed by atoms with E-state index in [1.54, 1.807) is 18.2 Å². The van der Waals surface area contributed by atoms with E-state index < -0.39 is 10.2 Å². The van der Waals surface area contributed by atoms with Gasteiger partial charge in [-0.25, -0.2) is 5.84 Å².